The molecule has 0 aromatic carbocycles. The summed E-state index contributed by atoms with van der Waals surface area (Å²) in [6.45, 7) is 13.0. The van der Waals surface area contributed by atoms with Crippen LogP contribution in [0.4, 0.5) is 0 Å². The summed E-state index contributed by atoms with van der Waals surface area (Å²) >= 11 is 0. The third-order valence-corrected chi connectivity index (χ3v) is 3.03. The van der Waals surface area contributed by atoms with Crippen LogP contribution in [0.15, 0.2) is 12.7 Å². The van der Waals surface area contributed by atoms with E-state index in [9.17, 15) is 0 Å². The van der Waals surface area contributed by atoms with Crippen molar-refractivity contribution in [3.05, 3.63) is 12.7 Å². The lowest BCUT2D eigenvalue weighted by molar-refractivity contribution is 0.285. The van der Waals surface area contributed by atoms with Gasteiger partial charge in [-0.05, 0) is 51.2 Å². The van der Waals surface area contributed by atoms with Crippen molar-refractivity contribution in [2.24, 2.45) is 5.92 Å². The Morgan fingerprint density at radius 2 is 2.12 bits per heavy atom. The summed E-state index contributed by atoms with van der Waals surface area (Å²) < 4.78 is 0. The fourth-order valence-corrected chi connectivity index (χ4v) is 1.98. The normalized spacial score (nSPS) is 16.0. The lowest BCUT2D eigenvalue weighted by Crippen LogP contribution is -2.28. The molecule has 0 heterocycles. The number of nitrogens with one attached hydrogen (secondary N) is 1. The highest BCUT2D eigenvalue weighted by Gasteiger charge is 2.27. The Morgan fingerprint density at radius 1 is 1.38 bits per heavy atom. The molecular weight excluding hydrogens is 196 g/mol. The lowest BCUT2D eigenvalue weighted by atomic mass is 10.2. The fraction of sp³-hybridized carbons (Fsp3) is 0.857. The summed E-state index contributed by atoms with van der Waals surface area (Å²) in [5.41, 5.74) is 0. The van der Waals surface area contributed by atoms with Crippen LogP contribution in [-0.4, -0.2) is 37.1 Å². The van der Waals surface area contributed by atoms with E-state index in [0.717, 1.165) is 25.0 Å². The third kappa shape index (κ3) is 6.29. The Balaban J connectivity index is 1.94. The van der Waals surface area contributed by atoms with Gasteiger partial charge in [0.05, 0.1) is 0 Å². The molecule has 2 nitrogen and oxygen atoms in total. The van der Waals surface area contributed by atoms with Crippen molar-refractivity contribution in [1.82, 2.24) is 10.2 Å². The van der Waals surface area contributed by atoms with Crippen molar-refractivity contribution < 1.29 is 0 Å². The number of hydrogen-bond donors (Lipinski definition) is 1. The quantitative estimate of drug-likeness (QED) is 0.453. The minimum atomic E-state index is 0.767. The van der Waals surface area contributed by atoms with Crippen LogP contribution >= 0.6 is 0 Å². The summed E-state index contributed by atoms with van der Waals surface area (Å²) in [5, 5.41) is 3.50. The van der Waals surface area contributed by atoms with Gasteiger partial charge in [0, 0.05) is 12.6 Å². The number of unbranched alkanes of at least 4 members (excludes halogenated alkanes) is 1. The molecule has 1 rings (SSSR count). The van der Waals surface area contributed by atoms with Crippen molar-refractivity contribution in [2.75, 3.05) is 26.2 Å². The van der Waals surface area contributed by atoms with Gasteiger partial charge in [-0.25, -0.2) is 0 Å². The highest BCUT2D eigenvalue weighted by molar-refractivity contribution is 4.88. The summed E-state index contributed by atoms with van der Waals surface area (Å²) in [6.07, 6.45) is 7.46. The first-order valence-electron chi connectivity index (χ1n) is 6.79. The second-order valence-corrected chi connectivity index (χ2v) is 5.32. The minimum Gasteiger partial charge on any atom is -0.316 e. The molecule has 1 N–H and O–H groups in total. The monoisotopic (exact) mass is 224 g/mol. The summed E-state index contributed by atoms with van der Waals surface area (Å²) in [6, 6.07) is 0.877. The van der Waals surface area contributed by atoms with Gasteiger partial charge in [0.2, 0.25) is 0 Å². The van der Waals surface area contributed by atoms with Gasteiger partial charge in [-0.2, -0.15) is 0 Å². The first-order valence-corrected chi connectivity index (χ1v) is 6.79. The van der Waals surface area contributed by atoms with E-state index in [-0.39, 0.29) is 0 Å². The molecule has 2 heteroatoms. The van der Waals surface area contributed by atoms with Crippen LogP contribution in [0, 0.1) is 5.92 Å². The molecule has 0 aromatic heterocycles. The average Bonchev–Trinajstić information content (AvgIpc) is 3.04. The topological polar surface area (TPSA) is 15.3 Å². The Hall–Kier alpha value is -0.340. The van der Waals surface area contributed by atoms with Gasteiger partial charge in [0.1, 0.15) is 0 Å². The van der Waals surface area contributed by atoms with Gasteiger partial charge in [-0.1, -0.05) is 19.9 Å². The van der Waals surface area contributed by atoms with E-state index in [0.29, 0.717) is 0 Å². The zero-order chi connectivity index (χ0) is 11.8. The van der Waals surface area contributed by atoms with Gasteiger partial charge in [0.25, 0.3) is 0 Å². The van der Waals surface area contributed by atoms with Crippen LogP contribution < -0.4 is 5.32 Å². The molecule has 94 valence electrons. The first-order chi connectivity index (χ1) is 7.74. The predicted octanol–water partition coefficient (Wildman–Crippen LogP) is 2.66. The first kappa shape index (κ1) is 13.7. The highest BCUT2D eigenvalue weighted by Crippen LogP contribution is 2.26. The molecule has 1 fully saturated rings. The van der Waals surface area contributed by atoms with Crippen LogP contribution in [-0.2, 0) is 0 Å². The molecule has 0 atom stereocenters. The van der Waals surface area contributed by atoms with Crippen LogP contribution in [0.25, 0.3) is 0 Å². The van der Waals surface area contributed by atoms with E-state index in [1.165, 1.54) is 38.8 Å². The molecule has 0 aromatic rings. The molecule has 1 aliphatic rings. The maximum absolute atomic E-state index is 3.83. The smallest absolute Gasteiger partial charge is 0.0163 e. The van der Waals surface area contributed by atoms with Crippen LogP contribution in [0.3, 0.4) is 0 Å². The molecule has 0 unspecified atom stereocenters. The largest absolute Gasteiger partial charge is 0.316 e. The van der Waals surface area contributed by atoms with E-state index in [1.54, 1.807) is 0 Å². The zero-order valence-corrected chi connectivity index (χ0v) is 11.0. The Kier molecular flexibility index (Phi) is 6.74. The zero-order valence-electron chi connectivity index (χ0n) is 11.0. The molecule has 1 aliphatic carbocycles. The van der Waals surface area contributed by atoms with E-state index < -0.39 is 0 Å². The fourth-order valence-electron chi connectivity index (χ4n) is 1.98. The maximum atomic E-state index is 3.83. The van der Waals surface area contributed by atoms with Crippen LogP contribution in [0.2, 0.25) is 0 Å². The number of hydrogen-bond acceptors (Lipinski definition) is 2. The van der Waals surface area contributed by atoms with E-state index in [1.807, 2.05) is 6.08 Å². The van der Waals surface area contributed by atoms with Crippen LogP contribution in [0.1, 0.15) is 39.5 Å². The Morgan fingerprint density at radius 3 is 2.69 bits per heavy atom. The van der Waals surface area contributed by atoms with E-state index in [2.05, 4.69) is 30.6 Å². The third-order valence-electron chi connectivity index (χ3n) is 3.03. The van der Waals surface area contributed by atoms with E-state index in [4.69, 9.17) is 0 Å². The molecule has 0 radical (unpaired) electrons. The van der Waals surface area contributed by atoms with Gasteiger partial charge in [-0.15, -0.1) is 6.58 Å². The standard InChI is InChI=1S/C14H28N2/c1-4-10-16(14-7-8-14)11-6-5-9-15-12-13(2)3/h4,13-15H,1,5-12H2,2-3H3. The van der Waals surface area contributed by atoms with Gasteiger partial charge in [0.15, 0.2) is 0 Å². The molecular formula is C14H28N2. The Bertz CT molecular complexity index is 185. The highest BCUT2D eigenvalue weighted by atomic mass is 15.2. The average molecular weight is 224 g/mol. The van der Waals surface area contributed by atoms with Gasteiger partial charge < -0.3 is 5.32 Å². The van der Waals surface area contributed by atoms with Crippen LogP contribution in [0.5, 0.6) is 0 Å². The Labute approximate surface area is 101 Å². The van der Waals surface area contributed by atoms with E-state index >= 15 is 0 Å². The molecule has 16 heavy (non-hydrogen) atoms. The molecule has 0 aliphatic heterocycles. The van der Waals surface area contributed by atoms with Gasteiger partial charge >= 0.3 is 0 Å². The van der Waals surface area contributed by atoms with Crippen molar-refractivity contribution in [3.8, 4) is 0 Å². The number of nitrogens with zero attached hydrogens (tertiary/aromatic N) is 1. The van der Waals surface area contributed by atoms with Crippen molar-refractivity contribution in [3.63, 3.8) is 0 Å². The molecule has 1 saturated carbocycles. The molecule has 0 saturated heterocycles. The lowest BCUT2D eigenvalue weighted by Gasteiger charge is -2.19. The minimum absolute atomic E-state index is 0.767. The molecule has 0 bridgehead atoms. The second-order valence-electron chi connectivity index (χ2n) is 5.32. The maximum Gasteiger partial charge on any atom is 0.0163 e. The summed E-state index contributed by atoms with van der Waals surface area (Å²) in [7, 11) is 0. The summed E-state index contributed by atoms with van der Waals surface area (Å²) in [5.74, 6) is 0.767. The number of rotatable bonds is 10. The molecule has 0 amide bonds. The summed E-state index contributed by atoms with van der Waals surface area (Å²) in [4.78, 5) is 2.58. The van der Waals surface area contributed by atoms with Gasteiger partial charge in [-0.3, -0.25) is 4.90 Å². The van der Waals surface area contributed by atoms with Crippen molar-refractivity contribution >= 4 is 0 Å². The SMILES string of the molecule is C=CCN(CCCCNCC(C)C)C1CC1. The molecule has 0 spiro atoms. The van der Waals surface area contributed by atoms with Crippen molar-refractivity contribution in [2.45, 2.75) is 45.6 Å². The second kappa shape index (κ2) is 7.86. The predicted molar refractivity (Wildman–Crippen MR) is 71.7 cm³/mol. The van der Waals surface area contributed by atoms with Crippen molar-refractivity contribution in [1.29, 1.82) is 0 Å².